The molecule has 0 aromatic heterocycles. The zero-order chi connectivity index (χ0) is 12.3. The molecule has 90 valence electrons. The Bertz CT molecular complexity index is 368. The van der Waals surface area contributed by atoms with Crippen LogP contribution in [0.25, 0.3) is 0 Å². The molecule has 2 atom stereocenters. The van der Waals surface area contributed by atoms with Crippen molar-refractivity contribution in [3.05, 3.63) is 34.9 Å². The second-order valence-corrected chi connectivity index (χ2v) is 3.98. The van der Waals surface area contributed by atoms with Crippen molar-refractivity contribution in [2.24, 2.45) is 5.73 Å². The third-order valence-electron chi connectivity index (χ3n) is 2.66. The molecule has 0 saturated carbocycles. The first-order valence-electron chi connectivity index (χ1n) is 5.37. The lowest BCUT2D eigenvalue weighted by atomic mass is 9.97. The second-order valence-electron chi connectivity index (χ2n) is 3.98. The minimum absolute atomic E-state index is 0.0315. The summed E-state index contributed by atoms with van der Waals surface area (Å²) in [7, 11) is 0. The van der Waals surface area contributed by atoms with Gasteiger partial charge in [-0.2, -0.15) is 0 Å². The van der Waals surface area contributed by atoms with E-state index in [9.17, 15) is 13.9 Å². The number of hydrogen-bond donors (Lipinski definition) is 2. The Kier molecular flexibility index (Phi) is 4.38. The molecule has 0 bridgehead atoms. The van der Waals surface area contributed by atoms with Crippen LogP contribution in [0.3, 0.4) is 0 Å². The standard InChI is InChI=1S/C12H17F2NO/c1-3-4-9(16)12(15)8-6-5-7(2)10(13)11(8)14/h5-6,9,12,16H,3-4,15H2,1-2H3/t9-,12+/m1/s1. The van der Waals surface area contributed by atoms with E-state index in [1.165, 1.54) is 19.1 Å². The highest BCUT2D eigenvalue weighted by atomic mass is 19.2. The van der Waals surface area contributed by atoms with Gasteiger partial charge in [0.05, 0.1) is 12.1 Å². The number of aliphatic hydroxyl groups is 1. The van der Waals surface area contributed by atoms with E-state index >= 15 is 0 Å². The predicted molar refractivity (Wildman–Crippen MR) is 58.9 cm³/mol. The van der Waals surface area contributed by atoms with Crippen LogP contribution in [0.15, 0.2) is 12.1 Å². The molecule has 3 N–H and O–H groups in total. The molecule has 1 aromatic carbocycles. The molecule has 0 spiro atoms. The van der Waals surface area contributed by atoms with Crippen LogP contribution in [-0.4, -0.2) is 11.2 Å². The van der Waals surface area contributed by atoms with Crippen LogP contribution in [-0.2, 0) is 0 Å². The number of aryl methyl sites for hydroxylation is 1. The molecule has 0 radical (unpaired) electrons. The predicted octanol–water partition coefficient (Wildman–Crippen LogP) is 2.43. The molecule has 1 aromatic rings. The molecule has 4 heteroatoms. The van der Waals surface area contributed by atoms with Gasteiger partial charge in [-0.15, -0.1) is 0 Å². The number of rotatable bonds is 4. The Morgan fingerprint density at radius 2 is 1.94 bits per heavy atom. The highest BCUT2D eigenvalue weighted by Crippen LogP contribution is 2.23. The number of nitrogens with two attached hydrogens (primary N) is 1. The largest absolute Gasteiger partial charge is 0.391 e. The average molecular weight is 229 g/mol. The molecule has 0 fully saturated rings. The van der Waals surface area contributed by atoms with Crippen LogP contribution in [0.2, 0.25) is 0 Å². The first kappa shape index (κ1) is 13.1. The number of aliphatic hydroxyl groups excluding tert-OH is 1. The molecule has 2 nitrogen and oxygen atoms in total. The highest BCUT2D eigenvalue weighted by molar-refractivity contribution is 5.28. The molecule has 0 aliphatic heterocycles. The molecular weight excluding hydrogens is 212 g/mol. The fourth-order valence-corrected chi connectivity index (χ4v) is 1.60. The molecule has 16 heavy (non-hydrogen) atoms. The van der Waals surface area contributed by atoms with Crippen LogP contribution in [0.4, 0.5) is 8.78 Å². The van der Waals surface area contributed by atoms with Crippen molar-refractivity contribution in [3.63, 3.8) is 0 Å². The number of benzene rings is 1. The molecule has 0 unspecified atom stereocenters. The van der Waals surface area contributed by atoms with E-state index in [0.29, 0.717) is 6.42 Å². The van der Waals surface area contributed by atoms with Gasteiger partial charge in [-0.25, -0.2) is 8.78 Å². The van der Waals surface area contributed by atoms with Crippen LogP contribution in [0.5, 0.6) is 0 Å². The summed E-state index contributed by atoms with van der Waals surface area (Å²) in [4.78, 5) is 0. The summed E-state index contributed by atoms with van der Waals surface area (Å²) in [5, 5.41) is 9.64. The lowest BCUT2D eigenvalue weighted by molar-refractivity contribution is 0.132. The Hall–Kier alpha value is -1.00. The van der Waals surface area contributed by atoms with E-state index in [-0.39, 0.29) is 11.1 Å². The topological polar surface area (TPSA) is 46.2 Å². The SMILES string of the molecule is CCC[C@@H](O)[C@@H](N)c1ccc(C)c(F)c1F. The van der Waals surface area contributed by atoms with Crippen LogP contribution >= 0.6 is 0 Å². The van der Waals surface area contributed by atoms with E-state index < -0.39 is 23.8 Å². The van der Waals surface area contributed by atoms with Crippen molar-refractivity contribution in [2.75, 3.05) is 0 Å². The Labute approximate surface area is 94.1 Å². The maximum Gasteiger partial charge on any atom is 0.163 e. The minimum Gasteiger partial charge on any atom is -0.391 e. The van der Waals surface area contributed by atoms with Gasteiger partial charge in [0.15, 0.2) is 11.6 Å². The van der Waals surface area contributed by atoms with Gasteiger partial charge >= 0.3 is 0 Å². The average Bonchev–Trinajstić information content (AvgIpc) is 2.26. The third-order valence-corrected chi connectivity index (χ3v) is 2.66. The second kappa shape index (κ2) is 5.37. The van der Waals surface area contributed by atoms with Crippen LogP contribution < -0.4 is 5.73 Å². The molecular formula is C12H17F2NO. The van der Waals surface area contributed by atoms with Gasteiger partial charge in [0.1, 0.15) is 0 Å². The van der Waals surface area contributed by atoms with Gasteiger partial charge < -0.3 is 10.8 Å². The highest BCUT2D eigenvalue weighted by Gasteiger charge is 2.21. The van der Waals surface area contributed by atoms with Gasteiger partial charge in [-0.05, 0) is 18.9 Å². The number of halogens is 2. The third kappa shape index (κ3) is 2.57. The van der Waals surface area contributed by atoms with Crippen molar-refractivity contribution in [2.45, 2.75) is 38.8 Å². The molecule has 1 rings (SSSR count). The van der Waals surface area contributed by atoms with E-state index in [1.807, 2.05) is 6.92 Å². The maximum atomic E-state index is 13.5. The van der Waals surface area contributed by atoms with Gasteiger partial charge in [-0.3, -0.25) is 0 Å². The normalized spacial score (nSPS) is 14.9. The summed E-state index contributed by atoms with van der Waals surface area (Å²) in [6.45, 7) is 3.37. The lowest BCUT2D eigenvalue weighted by Gasteiger charge is -2.19. The van der Waals surface area contributed by atoms with Crippen LogP contribution in [0.1, 0.15) is 36.9 Å². The van der Waals surface area contributed by atoms with Gasteiger partial charge in [-0.1, -0.05) is 25.5 Å². The van der Waals surface area contributed by atoms with E-state index in [4.69, 9.17) is 5.73 Å². The summed E-state index contributed by atoms with van der Waals surface area (Å²) >= 11 is 0. The lowest BCUT2D eigenvalue weighted by Crippen LogP contribution is -2.27. The summed E-state index contributed by atoms with van der Waals surface area (Å²) in [5.41, 5.74) is 5.95. The van der Waals surface area contributed by atoms with E-state index in [0.717, 1.165) is 6.42 Å². The molecule has 0 saturated heterocycles. The maximum absolute atomic E-state index is 13.5. The Morgan fingerprint density at radius 1 is 1.31 bits per heavy atom. The van der Waals surface area contributed by atoms with Crippen molar-refractivity contribution in [1.29, 1.82) is 0 Å². The fraction of sp³-hybridized carbons (Fsp3) is 0.500. The molecule has 0 heterocycles. The summed E-state index contributed by atoms with van der Waals surface area (Å²) in [6.07, 6.45) is 0.364. The van der Waals surface area contributed by atoms with Crippen molar-refractivity contribution < 1.29 is 13.9 Å². The van der Waals surface area contributed by atoms with E-state index in [2.05, 4.69) is 0 Å². The smallest absolute Gasteiger partial charge is 0.163 e. The molecule has 0 amide bonds. The van der Waals surface area contributed by atoms with E-state index in [1.54, 1.807) is 0 Å². The Balaban J connectivity index is 3.00. The minimum atomic E-state index is -0.956. The first-order chi connectivity index (χ1) is 7.49. The van der Waals surface area contributed by atoms with Crippen molar-refractivity contribution in [3.8, 4) is 0 Å². The van der Waals surface area contributed by atoms with Crippen molar-refractivity contribution in [1.82, 2.24) is 0 Å². The Morgan fingerprint density at radius 3 is 2.50 bits per heavy atom. The van der Waals surface area contributed by atoms with Crippen LogP contribution in [0, 0.1) is 18.6 Å². The first-order valence-corrected chi connectivity index (χ1v) is 5.37. The summed E-state index contributed by atoms with van der Waals surface area (Å²) < 4.78 is 26.8. The molecule has 0 aliphatic carbocycles. The quantitative estimate of drug-likeness (QED) is 0.833. The summed E-state index contributed by atoms with van der Waals surface area (Å²) in [6, 6.07) is 2.01. The fourth-order valence-electron chi connectivity index (χ4n) is 1.60. The molecule has 0 aliphatic rings. The van der Waals surface area contributed by atoms with Crippen molar-refractivity contribution >= 4 is 0 Å². The van der Waals surface area contributed by atoms with Gasteiger partial charge in [0, 0.05) is 5.56 Å². The van der Waals surface area contributed by atoms with Gasteiger partial charge in [0.2, 0.25) is 0 Å². The number of hydrogen-bond acceptors (Lipinski definition) is 2. The monoisotopic (exact) mass is 229 g/mol. The van der Waals surface area contributed by atoms with Gasteiger partial charge in [0.25, 0.3) is 0 Å². The zero-order valence-corrected chi connectivity index (χ0v) is 9.50. The summed E-state index contributed by atoms with van der Waals surface area (Å²) in [5.74, 6) is -1.85. The zero-order valence-electron chi connectivity index (χ0n) is 9.50.